The molecule has 0 saturated carbocycles. The second kappa shape index (κ2) is 9.91. The van der Waals surface area contributed by atoms with Crippen LogP contribution in [0.2, 0.25) is 0 Å². The van der Waals surface area contributed by atoms with Gasteiger partial charge in [0, 0.05) is 18.3 Å². The van der Waals surface area contributed by atoms with Gasteiger partial charge in [-0.05, 0) is 50.1 Å². The number of carbonyl (C=O) groups excluding carboxylic acids is 3. The number of para-hydroxylation sites is 1. The maximum Gasteiger partial charge on any atom is 0.251 e. The highest BCUT2D eigenvalue weighted by atomic mass is 16.2. The molecule has 1 aliphatic rings. The lowest BCUT2D eigenvalue weighted by Gasteiger charge is -2.31. The number of amides is 3. The van der Waals surface area contributed by atoms with Crippen molar-refractivity contribution >= 4 is 29.2 Å². The second-order valence-corrected chi connectivity index (χ2v) is 8.46. The number of aryl methyl sites for hydroxylation is 1. The molecule has 1 aliphatic heterocycles. The van der Waals surface area contributed by atoms with Gasteiger partial charge in [-0.1, -0.05) is 38.1 Å². The molecule has 32 heavy (non-hydrogen) atoms. The maximum absolute atomic E-state index is 13.7. The van der Waals surface area contributed by atoms with Crippen LogP contribution in [0.4, 0.5) is 11.5 Å². The van der Waals surface area contributed by atoms with Crippen molar-refractivity contribution in [2.24, 2.45) is 5.92 Å². The van der Waals surface area contributed by atoms with Crippen LogP contribution in [-0.2, 0) is 20.8 Å². The molecule has 8 nitrogen and oxygen atoms in total. The molecule has 0 saturated heterocycles. The highest BCUT2D eigenvalue weighted by Gasteiger charge is 2.43. The van der Waals surface area contributed by atoms with E-state index in [2.05, 4.69) is 20.9 Å². The van der Waals surface area contributed by atoms with Crippen LogP contribution in [0, 0.1) is 12.8 Å². The summed E-state index contributed by atoms with van der Waals surface area (Å²) in [6, 6.07) is 9.16. The van der Waals surface area contributed by atoms with Gasteiger partial charge >= 0.3 is 0 Å². The van der Waals surface area contributed by atoms with Crippen LogP contribution in [0.3, 0.4) is 0 Å². The van der Waals surface area contributed by atoms with Gasteiger partial charge in [0.15, 0.2) is 0 Å². The molecular formula is C24H31N5O3. The molecule has 170 valence electrons. The van der Waals surface area contributed by atoms with Gasteiger partial charge in [-0.3, -0.25) is 19.3 Å². The van der Waals surface area contributed by atoms with E-state index in [9.17, 15) is 14.4 Å². The molecule has 0 radical (unpaired) electrons. The monoisotopic (exact) mass is 437 g/mol. The van der Waals surface area contributed by atoms with Gasteiger partial charge in [0.2, 0.25) is 11.8 Å². The molecule has 0 spiro atoms. The summed E-state index contributed by atoms with van der Waals surface area (Å²) in [7, 11) is 1.68. The Bertz CT molecular complexity index is 1010. The van der Waals surface area contributed by atoms with E-state index in [1.165, 1.54) is 4.90 Å². The fraction of sp³-hybridized carbons (Fsp3) is 0.417. The first kappa shape index (κ1) is 23.4. The number of hydrogen-bond acceptors (Lipinski definition) is 5. The predicted octanol–water partition coefficient (Wildman–Crippen LogP) is 2.04. The number of aromatic nitrogens is 1. The summed E-state index contributed by atoms with van der Waals surface area (Å²) in [5, 5.41) is 8.67. The van der Waals surface area contributed by atoms with Gasteiger partial charge in [-0.15, -0.1) is 0 Å². The van der Waals surface area contributed by atoms with Crippen LogP contribution in [0.1, 0.15) is 31.9 Å². The third kappa shape index (κ3) is 4.80. The number of nitrogens with zero attached hydrogens (tertiary/aromatic N) is 2. The van der Waals surface area contributed by atoms with Crippen molar-refractivity contribution in [3.05, 3.63) is 53.7 Å². The largest absolute Gasteiger partial charge is 0.343 e. The first-order valence-corrected chi connectivity index (χ1v) is 10.9. The van der Waals surface area contributed by atoms with Crippen LogP contribution in [0.25, 0.3) is 0 Å². The molecule has 1 unspecified atom stereocenters. The number of anilines is 2. The van der Waals surface area contributed by atoms with E-state index in [1.807, 2.05) is 51.1 Å². The number of carbonyl (C=O) groups is 3. The molecule has 8 heteroatoms. The zero-order valence-electron chi connectivity index (χ0n) is 19.2. The predicted molar refractivity (Wildman–Crippen MR) is 124 cm³/mol. The van der Waals surface area contributed by atoms with E-state index in [0.717, 1.165) is 11.1 Å². The Labute approximate surface area is 188 Å². The van der Waals surface area contributed by atoms with Crippen LogP contribution in [0.15, 0.2) is 42.6 Å². The summed E-state index contributed by atoms with van der Waals surface area (Å²) in [5.74, 6) is -0.629. The van der Waals surface area contributed by atoms with Crippen molar-refractivity contribution < 1.29 is 14.4 Å². The number of nitrogens with one attached hydrogen (secondary N) is 3. The van der Waals surface area contributed by atoms with Crippen molar-refractivity contribution in [2.45, 2.75) is 52.2 Å². The molecule has 3 rings (SSSR count). The van der Waals surface area contributed by atoms with Gasteiger partial charge in [0.05, 0.1) is 6.04 Å². The van der Waals surface area contributed by atoms with E-state index < -0.39 is 18.1 Å². The number of fused-ring (bicyclic) bond motifs is 1. The molecule has 3 N–H and O–H groups in total. The quantitative estimate of drug-likeness (QED) is 0.615. The number of pyridine rings is 1. The van der Waals surface area contributed by atoms with Gasteiger partial charge < -0.3 is 16.0 Å². The normalized spacial score (nSPS) is 16.9. The van der Waals surface area contributed by atoms with E-state index in [1.54, 1.807) is 26.2 Å². The fourth-order valence-corrected chi connectivity index (χ4v) is 3.72. The number of hydrogen-bond donors (Lipinski definition) is 3. The number of rotatable bonds is 7. The molecule has 2 heterocycles. The standard InChI is InChI=1S/C24H31N5O3/c1-14(2)20(28-22(30)16(4)25-5)24(32)29-19(13-17-10-8-12-26-21(17)29)23(31)27-18-11-7-6-9-15(18)3/h6-12,14,16,19-20,25H,13H2,1-5H3,(H,27,31)(H,28,30)/t16-,19+,20?/m0/s1. The lowest BCUT2D eigenvalue weighted by Crippen LogP contribution is -2.57. The molecule has 0 bridgehead atoms. The molecule has 0 fully saturated rings. The highest BCUT2D eigenvalue weighted by molar-refractivity contribution is 6.09. The molecule has 1 aromatic carbocycles. The van der Waals surface area contributed by atoms with E-state index in [-0.39, 0.29) is 23.6 Å². The third-order valence-corrected chi connectivity index (χ3v) is 5.82. The van der Waals surface area contributed by atoms with E-state index >= 15 is 0 Å². The average Bonchev–Trinajstić information content (AvgIpc) is 3.17. The van der Waals surface area contributed by atoms with E-state index in [4.69, 9.17) is 0 Å². The van der Waals surface area contributed by atoms with Crippen LogP contribution in [0.5, 0.6) is 0 Å². The lowest BCUT2D eigenvalue weighted by molar-refractivity contribution is -0.130. The van der Waals surface area contributed by atoms with Crippen molar-refractivity contribution in [3.8, 4) is 0 Å². The minimum atomic E-state index is -0.792. The topological polar surface area (TPSA) is 103 Å². The average molecular weight is 438 g/mol. The fourth-order valence-electron chi connectivity index (χ4n) is 3.72. The van der Waals surface area contributed by atoms with Gasteiger partial charge in [-0.25, -0.2) is 4.98 Å². The first-order chi connectivity index (χ1) is 15.2. The molecule has 1 aromatic heterocycles. The molecular weight excluding hydrogens is 406 g/mol. The second-order valence-electron chi connectivity index (χ2n) is 8.46. The van der Waals surface area contributed by atoms with Crippen LogP contribution in [-0.4, -0.2) is 47.9 Å². The van der Waals surface area contributed by atoms with Crippen molar-refractivity contribution in [1.29, 1.82) is 0 Å². The third-order valence-electron chi connectivity index (χ3n) is 5.82. The zero-order valence-corrected chi connectivity index (χ0v) is 19.2. The van der Waals surface area contributed by atoms with Crippen molar-refractivity contribution in [3.63, 3.8) is 0 Å². The summed E-state index contributed by atoms with van der Waals surface area (Å²) in [6.07, 6.45) is 1.96. The summed E-state index contributed by atoms with van der Waals surface area (Å²) < 4.78 is 0. The Morgan fingerprint density at radius 2 is 1.81 bits per heavy atom. The summed E-state index contributed by atoms with van der Waals surface area (Å²) in [6.45, 7) is 7.37. The molecule has 2 aromatic rings. The van der Waals surface area contributed by atoms with Gasteiger partial charge in [0.1, 0.15) is 17.9 Å². The molecule has 3 atom stereocenters. The van der Waals surface area contributed by atoms with Crippen molar-refractivity contribution in [1.82, 2.24) is 15.6 Å². The maximum atomic E-state index is 13.7. The SMILES string of the molecule is CN[C@@H](C)C(=O)NC(C(=O)N1c2ncccc2C[C@@H]1C(=O)Nc1ccccc1C)C(C)C. The van der Waals surface area contributed by atoms with Crippen molar-refractivity contribution in [2.75, 3.05) is 17.3 Å². The van der Waals surface area contributed by atoms with E-state index in [0.29, 0.717) is 17.9 Å². The minimum Gasteiger partial charge on any atom is -0.343 e. The lowest BCUT2D eigenvalue weighted by atomic mass is 10.0. The van der Waals surface area contributed by atoms with Gasteiger partial charge in [0.25, 0.3) is 5.91 Å². The first-order valence-electron chi connectivity index (χ1n) is 10.9. The Morgan fingerprint density at radius 3 is 2.47 bits per heavy atom. The number of likely N-dealkylation sites (N-methyl/N-ethyl adjacent to an activating group) is 1. The van der Waals surface area contributed by atoms with Crippen LogP contribution >= 0.6 is 0 Å². The minimum absolute atomic E-state index is 0.177. The highest BCUT2D eigenvalue weighted by Crippen LogP contribution is 2.32. The Balaban J connectivity index is 1.91. The molecule has 0 aliphatic carbocycles. The Hall–Kier alpha value is -3.26. The zero-order chi connectivity index (χ0) is 23.4. The van der Waals surface area contributed by atoms with Gasteiger partial charge in [-0.2, -0.15) is 0 Å². The molecule has 3 amide bonds. The smallest absolute Gasteiger partial charge is 0.251 e. The summed E-state index contributed by atoms with van der Waals surface area (Å²) >= 11 is 0. The summed E-state index contributed by atoms with van der Waals surface area (Å²) in [5.41, 5.74) is 2.45. The van der Waals surface area contributed by atoms with Crippen LogP contribution < -0.4 is 20.9 Å². The number of benzene rings is 1. The Morgan fingerprint density at radius 1 is 1.09 bits per heavy atom. The Kier molecular flexibility index (Phi) is 7.25. The summed E-state index contributed by atoms with van der Waals surface area (Å²) in [4.78, 5) is 45.3.